The Kier molecular flexibility index (Phi) is 4.92. The standard InChI is InChI=1S/C21H22N4O2S/c1-13-7-9-16(23-13)20-19(15-6-4-5-11-22-15)24-21(28)25(20)17-12-14(26-2)8-10-18(17)27-3/h4-12,19-20,23H,1-3H3,(H,24,28)/t19-,20-/m1/s1. The van der Waals surface area contributed by atoms with Crippen LogP contribution in [0.5, 0.6) is 11.5 Å². The summed E-state index contributed by atoms with van der Waals surface area (Å²) in [4.78, 5) is 10.1. The minimum atomic E-state index is -0.114. The highest BCUT2D eigenvalue weighted by Crippen LogP contribution is 2.45. The van der Waals surface area contributed by atoms with Crippen LogP contribution in [0.2, 0.25) is 0 Å². The van der Waals surface area contributed by atoms with Gasteiger partial charge in [-0.15, -0.1) is 0 Å². The molecule has 1 saturated heterocycles. The van der Waals surface area contributed by atoms with E-state index in [-0.39, 0.29) is 12.1 Å². The van der Waals surface area contributed by atoms with Crippen molar-refractivity contribution in [3.63, 3.8) is 0 Å². The SMILES string of the molecule is COc1ccc(OC)c(N2C(=S)N[C@H](c3ccccn3)[C@H]2c2ccc(C)[nH]2)c1. The minimum Gasteiger partial charge on any atom is -0.497 e. The number of nitrogens with zero attached hydrogens (tertiary/aromatic N) is 2. The predicted octanol–water partition coefficient (Wildman–Crippen LogP) is 3.91. The number of nitrogens with one attached hydrogen (secondary N) is 2. The predicted molar refractivity (Wildman–Crippen MR) is 113 cm³/mol. The molecule has 2 aromatic heterocycles. The van der Waals surface area contributed by atoms with Crippen molar-refractivity contribution in [1.29, 1.82) is 0 Å². The lowest BCUT2D eigenvalue weighted by molar-refractivity contribution is 0.402. The van der Waals surface area contributed by atoms with Crippen LogP contribution in [0.1, 0.15) is 29.2 Å². The largest absolute Gasteiger partial charge is 0.497 e. The molecule has 0 aliphatic carbocycles. The maximum Gasteiger partial charge on any atom is 0.174 e. The van der Waals surface area contributed by atoms with Crippen LogP contribution >= 0.6 is 12.2 Å². The summed E-state index contributed by atoms with van der Waals surface area (Å²) in [5, 5.41) is 4.05. The molecule has 1 aromatic carbocycles. The van der Waals surface area contributed by atoms with Crippen molar-refractivity contribution in [3.8, 4) is 11.5 Å². The van der Waals surface area contributed by atoms with Crippen LogP contribution in [0.3, 0.4) is 0 Å². The van der Waals surface area contributed by atoms with Crippen LogP contribution in [-0.4, -0.2) is 29.3 Å². The van der Waals surface area contributed by atoms with Crippen molar-refractivity contribution in [2.45, 2.75) is 19.0 Å². The number of aromatic nitrogens is 2. The van der Waals surface area contributed by atoms with Crippen LogP contribution in [0, 0.1) is 6.92 Å². The normalized spacial score (nSPS) is 18.8. The summed E-state index contributed by atoms with van der Waals surface area (Å²) >= 11 is 5.75. The first-order valence-corrected chi connectivity index (χ1v) is 9.41. The van der Waals surface area contributed by atoms with E-state index in [1.807, 2.05) is 43.3 Å². The summed E-state index contributed by atoms with van der Waals surface area (Å²) in [5.74, 6) is 1.46. The summed E-state index contributed by atoms with van der Waals surface area (Å²) in [6, 6.07) is 15.5. The van der Waals surface area contributed by atoms with E-state index in [1.165, 1.54) is 0 Å². The van der Waals surface area contributed by atoms with Crippen LogP contribution in [0.4, 0.5) is 5.69 Å². The molecule has 3 aromatic rings. The molecule has 6 nitrogen and oxygen atoms in total. The third-order valence-corrected chi connectivity index (χ3v) is 5.23. The molecule has 3 heterocycles. The molecule has 0 spiro atoms. The highest BCUT2D eigenvalue weighted by Gasteiger charge is 2.42. The van der Waals surface area contributed by atoms with E-state index in [0.717, 1.165) is 34.3 Å². The van der Waals surface area contributed by atoms with Gasteiger partial charge in [0.05, 0.1) is 31.6 Å². The van der Waals surface area contributed by atoms with E-state index in [4.69, 9.17) is 21.7 Å². The molecule has 2 N–H and O–H groups in total. The van der Waals surface area contributed by atoms with Gasteiger partial charge >= 0.3 is 0 Å². The van der Waals surface area contributed by atoms with Gasteiger partial charge in [-0.1, -0.05) is 6.07 Å². The Bertz CT molecular complexity index is 989. The van der Waals surface area contributed by atoms with E-state index in [0.29, 0.717) is 5.11 Å². The highest BCUT2D eigenvalue weighted by molar-refractivity contribution is 7.80. The van der Waals surface area contributed by atoms with E-state index < -0.39 is 0 Å². The van der Waals surface area contributed by atoms with E-state index in [9.17, 15) is 0 Å². The fraction of sp³-hybridized carbons (Fsp3) is 0.238. The number of pyridine rings is 1. The van der Waals surface area contributed by atoms with Gasteiger partial charge in [0.2, 0.25) is 0 Å². The first-order chi connectivity index (χ1) is 13.6. The first-order valence-electron chi connectivity index (χ1n) is 9.00. The molecule has 0 saturated carbocycles. The molecule has 4 rings (SSSR count). The highest BCUT2D eigenvalue weighted by atomic mass is 32.1. The van der Waals surface area contributed by atoms with Crippen molar-refractivity contribution < 1.29 is 9.47 Å². The zero-order chi connectivity index (χ0) is 19.7. The zero-order valence-electron chi connectivity index (χ0n) is 16.0. The molecule has 0 amide bonds. The Balaban J connectivity index is 1.87. The van der Waals surface area contributed by atoms with Gasteiger partial charge in [-0.3, -0.25) is 4.98 Å². The molecule has 2 atom stereocenters. The monoisotopic (exact) mass is 394 g/mol. The number of aromatic amines is 1. The number of methoxy groups -OCH3 is 2. The van der Waals surface area contributed by atoms with Crippen LogP contribution in [0.25, 0.3) is 0 Å². The summed E-state index contributed by atoms with van der Waals surface area (Å²) in [6.07, 6.45) is 1.80. The lowest BCUT2D eigenvalue weighted by Crippen LogP contribution is -2.30. The summed E-state index contributed by atoms with van der Waals surface area (Å²) in [6.45, 7) is 2.04. The Morgan fingerprint density at radius 2 is 1.93 bits per heavy atom. The van der Waals surface area contributed by atoms with Crippen LogP contribution in [-0.2, 0) is 0 Å². The average molecular weight is 395 g/mol. The van der Waals surface area contributed by atoms with Crippen molar-refractivity contribution in [2.24, 2.45) is 0 Å². The first kappa shape index (κ1) is 18.3. The van der Waals surface area contributed by atoms with Crippen molar-refractivity contribution in [3.05, 3.63) is 71.8 Å². The fourth-order valence-electron chi connectivity index (χ4n) is 3.61. The molecule has 28 heavy (non-hydrogen) atoms. The third kappa shape index (κ3) is 3.18. The van der Waals surface area contributed by atoms with Gasteiger partial charge in [0.1, 0.15) is 17.5 Å². The molecular formula is C21H22N4O2S. The number of rotatable bonds is 5. The second kappa shape index (κ2) is 7.52. The van der Waals surface area contributed by atoms with E-state index in [2.05, 4.69) is 32.3 Å². The van der Waals surface area contributed by atoms with E-state index in [1.54, 1.807) is 20.4 Å². The smallest absolute Gasteiger partial charge is 0.174 e. The zero-order valence-corrected chi connectivity index (χ0v) is 16.8. The van der Waals surface area contributed by atoms with Gasteiger partial charge < -0.3 is 24.7 Å². The fourth-order valence-corrected chi connectivity index (χ4v) is 3.95. The number of benzene rings is 1. The summed E-state index contributed by atoms with van der Waals surface area (Å²) in [7, 11) is 3.30. The number of hydrogen-bond acceptors (Lipinski definition) is 4. The van der Waals surface area contributed by atoms with Crippen molar-refractivity contribution in [1.82, 2.24) is 15.3 Å². The molecule has 1 fully saturated rings. The van der Waals surface area contributed by atoms with Crippen molar-refractivity contribution in [2.75, 3.05) is 19.1 Å². The van der Waals surface area contributed by atoms with Gasteiger partial charge in [-0.2, -0.15) is 0 Å². The molecule has 0 unspecified atom stereocenters. The maximum absolute atomic E-state index is 5.75. The molecule has 1 aliphatic heterocycles. The maximum atomic E-state index is 5.75. The van der Waals surface area contributed by atoms with Crippen molar-refractivity contribution >= 4 is 23.0 Å². The van der Waals surface area contributed by atoms with E-state index >= 15 is 0 Å². The molecule has 0 bridgehead atoms. The lowest BCUT2D eigenvalue weighted by Gasteiger charge is -2.28. The van der Waals surface area contributed by atoms with Gasteiger partial charge in [-0.25, -0.2) is 0 Å². The average Bonchev–Trinajstić information content (AvgIpc) is 3.30. The van der Waals surface area contributed by atoms with Gasteiger partial charge in [0, 0.05) is 23.7 Å². The molecular weight excluding hydrogens is 372 g/mol. The Morgan fingerprint density at radius 1 is 1.07 bits per heavy atom. The van der Waals surface area contributed by atoms with Crippen LogP contribution < -0.4 is 19.7 Å². The number of hydrogen-bond donors (Lipinski definition) is 2. The Hall–Kier alpha value is -3.06. The summed E-state index contributed by atoms with van der Waals surface area (Å²) < 4.78 is 11.1. The lowest BCUT2D eigenvalue weighted by atomic mass is 10.0. The number of anilines is 1. The molecule has 0 radical (unpaired) electrons. The van der Waals surface area contributed by atoms with Gasteiger partial charge in [0.15, 0.2) is 5.11 Å². The number of thiocarbonyl (C=S) groups is 1. The molecule has 144 valence electrons. The number of H-pyrrole nitrogens is 1. The Labute approximate surface area is 169 Å². The topological polar surface area (TPSA) is 62.4 Å². The van der Waals surface area contributed by atoms with Gasteiger partial charge in [0.25, 0.3) is 0 Å². The number of aryl methyl sites for hydroxylation is 1. The number of ether oxygens (including phenoxy) is 2. The molecule has 1 aliphatic rings. The summed E-state index contributed by atoms with van der Waals surface area (Å²) in [5.41, 5.74) is 3.90. The Morgan fingerprint density at radius 3 is 2.57 bits per heavy atom. The second-order valence-corrected chi connectivity index (χ2v) is 7.02. The quantitative estimate of drug-likeness (QED) is 0.640. The minimum absolute atomic E-state index is 0.109. The molecule has 7 heteroatoms. The van der Waals surface area contributed by atoms with Crippen LogP contribution in [0.15, 0.2) is 54.7 Å². The third-order valence-electron chi connectivity index (χ3n) is 4.92. The second-order valence-electron chi connectivity index (χ2n) is 6.63. The van der Waals surface area contributed by atoms with Gasteiger partial charge in [-0.05, 0) is 55.5 Å².